The van der Waals surface area contributed by atoms with E-state index in [2.05, 4.69) is 0 Å². The fourth-order valence-electron chi connectivity index (χ4n) is 0.733. The highest BCUT2D eigenvalue weighted by atomic mass is 32.1. The van der Waals surface area contributed by atoms with Crippen molar-refractivity contribution in [2.24, 2.45) is 0 Å². The molecule has 9 heavy (non-hydrogen) atoms. The number of Topliss-reactive ketones (excluding diaryl/α,β-unsaturated/α-hetero) is 1. The van der Waals surface area contributed by atoms with Gasteiger partial charge in [0.05, 0.1) is 4.88 Å². The summed E-state index contributed by atoms with van der Waals surface area (Å²) in [7, 11) is 0. The van der Waals surface area contributed by atoms with Crippen LogP contribution in [-0.2, 0) is 0 Å². The van der Waals surface area contributed by atoms with Gasteiger partial charge in [0.15, 0.2) is 5.78 Å². The van der Waals surface area contributed by atoms with E-state index in [0.717, 1.165) is 10.4 Å². The van der Waals surface area contributed by atoms with Gasteiger partial charge in [-0.1, -0.05) is 0 Å². The standard InChI is InChI=1S/C7H8OS/c1-5-3-4-9-7(5)6(2)8/h3-4H,1-2H3. The summed E-state index contributed by atoms with van der Waals surface area (Å²) < 4.78 is 0. The van der Waals surface area contributed by atoms with Crippen LogP contribution < -0.4 is 0 Å². The van der Waals surface area contributed by atoms with Crippen LogP contribution in [0.5, 0.6) is 0 Å². The van der Waals surface area contributed by atoms with E-state index in [4.69, 9.17) is 0 Å². The van der Waals surface area contributed by atoms with E-state index in [1.807, 2.05) is 18.4 Å². The lowest BCUT2D eigenvalue weighted by molar-refractivity contribution is 0.102. The lowest BCUT2D eigenvalue weighted by Gasteiger charge is -1.87. The molecular formula is C7H8OS. The second-order valence-electron chi connectivity index (χ2n) is 1.99. The number of hydrogen-bond acceptors (Lipinski definition) is 2. The Kier molecular flexibility index (Phi) is 1.67. The quantitative estimate of drug-likeness (QED) is 0.547. The van der Waals surface area contributed by atoms with E-state index in [0.29, 0.717) is 0 Å². The molecule has 0 fully saturated rings. The lowest BCUT2D eigenvalue weighted by Crippen LogP contribution is -1.87. The summed E-state index contributed by atoms with van der Waals surface area (Å²) in [5.74, 6) is 0.169. The molecule has 2 heteroatoms. The summed E-state index contributed by atoms with van der Waals surface area (Å²) in [5, 5.41) is 1.94. The Morgan fingerprint density at radius 2 is 2.33 bits per heavy atom. The largest absolute Gasteiger partial charge is 0.294 e. The molecule has 0 aliphatic carbocycles. The number of carbonyl (C=O) groups excluding carboxylic acids is 1. The highest BCUT2D eigenvalue weighted by Crippen LogP contribution is 2.15. The third kappa shape index (κ3) is 1.19. The third-order valence-electron chi connectivity index (χ3n) is 1.18. The minimum absolute atomic E-state index is 0.169. The fourth-order valence-corrected chi connectivity index (χ4v) is 1.56. The van der Waals surface area contributed by atoms with Gasteiger partial charge in [-0.25, -0.2) is 0 Å². The zero-order chi connectivity index (χ0) is 6.85. The normalized spacial score (nSPS) is 9.56. The maximum atomic E-state index is 10.7. The molecule has 1 aromatic rings. The second-order valence-corrected chi connectivity index (χ2v) is 2.91. The van der Waals surface area contributed by atoms with Gasteiger partial charge in [0.2, 0.25) is 0 Å². The van der Waals surface area contributed by atoms with Crippen LogP contribution in [0, 0.1) is 6.92 Å². The molecular weight excluding hydrogens is 132 g/mol. The molecule has 0 aromatic carbocycles. The first-order valence-electron chi connectivity index (χ1n) is 2.77. The van der Waals surface area contributed by atoms with Crippen molar-refractivity contribution in [3.63, 3.8) is 0 Å². The SMILES string of the molecule is CC(=O)c1sccc1C. The van der Waals surface area contributed by atoms with Crippen molar-refractivity contribution >= 4 is 17.1 Å². The first-order valence-corrected chi connectivity index (χ1v) is 3.65. The van der Waals surface area contributed by atoms with Crippen molar-refractivity contribution in [1.82, 2.24) is 0 Å². The minimum atomic E-state index is 0.169. The molecule has 1 nitrogen and oxygen atoms in total. The minimum Gasteiger partial charge on any atom is -0.294 e. The van der Waals surface area contributed by atoms with Gasteiger partial charge in [-0.3, -0.25) is 4.79 Å². The van der Waals surface area contributed by atoms with Gasteiger partial charge < -0.3 is 0 Å². The van der Waals surface area contributed by atoms with Gasteiger partial charge >= 0.3 is 0 Å². The van der Waals surface area contributed by atoms with Gasteiger partial charge in [0.1, 0.15) is 0 Å². The topological polar surface area (TPSA) is 17.1 Å². The maximum absolute atomic E-state index is 10.7. The predicted octanol–water partition coefficient (Wildman–Crippen LogP) is 2.26. The Labute approximate surface area is 58.3 Å². The molecule has 0 amide bonds. The molecule has 0 spiro atoms. The number of hydrogen-bond donors (Lipinski definition) is 0. The molecule has 0 saturated carbocycles. The predicted molar refractivity (Wildman–Crippen MR) is 39.1 cm³/mol. The van der Waals surface area contributed by atoms with E-state index in [-0.39, 0.29) is 5.78 Å². The second kappa shape index (κ2) is 2.31. The van der Waals surface area contributed by atoms with Gasteiger partial charge in [0, 0.05) is 0 Å². The molecule has 0 radical (unpaired) electrons. The number of rotatable bonds is 1. The zero-order valence-corrected chi connectivity index (χ0v) is 6.29. The molecule has 0 N–H and O–H groups in total. The van der Waals surface area contributed by atoms with Crippen LogP contribution in [0.3, 0.4) is 0 Å². The average Bonchev–Trinajstić information content (AvgIpc) is 2.13. The van der Waals surface area contributed by atoms with E-state index < -0.39 is 0 Å². The summed E-state index contributed by atoms with van der Waals surface area (Å²) in [6.45, 7) is 3.55. The van der Waals surface area contributed by atoms with Crippen molar-refractivity contribution in [3.8, 4) is 0 Å². The van der Waals surface area contributed by atoms with Crippen molar-refractivity contribution in [2.45, 2.75) is 13.8 Å². The van der Waals surface area contributed by atoms with Gasteiger partial charge in [-0.15, -0.1) is 11.3 Å². The van der Waals surface area contributed by atoms with Crippen LogP contribution in [0.25, 0.3) is 0 Å². The van der Waals surface area contributed by atoms with Crippen molar-refractivity contribution in [3.05, 3.63) is 21.9 Å². The van der Waals surface area contributed by atoms with Crippen LogP contribution in [0.1, 0.15) is 22.2 Å². The van der Waals surface area contributed by atoms with Crippen LogP contribution in [-0.4, -0.2) is 5.78 Å². The van der Waals surface area contributed by atoms with E-state index in [9.17, 15) is 4.79 Å². The highest BCUT2D eigenvalue weighted by Gasteiger charge is 2.02. The molecule has 0 bridgehead atoms. The molecule has 0 saturated heterocycles. The highest BCUT2D eigenvalue weighted by molar-refractivity contribution is 7.12. The Balaban J connectivity index is 3.08. The molecule has 1 heterocycles. The number of carbonyl (C=O) groups is 1. The van der Waals surface area contributed by atoms with E-state index >= 15 is 0 Å². The number of aryl methyl sites for hydroxylation is 1. The van der Waals surface area contributed by atoms with Crippen LogP contribution in [0.15, 0.2) is 11.4 Å². The third-order valence-corrected chi connectivity index (χ3v) is 2.30. The smallest absolute Gasteiger partial charge is 0.169 e. The first-order chi connectivity index (χ1) is 4.22. The summed E-state index contributed by atoms with van der Waals surface area (Å²) in [6.07, 6.45) is 0. The van der Waals surface area contributed by atoms with Crippen LogP contribution in [0.4, 0.5) is 0 Å². The average molecular weight is 140 g/mol. The summed E-state index contributed by atoms with van der Waals surface area (Å²) in [6, 6.07) is 1.96. The van der Waals surface area contributed by atoms with Gasteiger partial charge in [-0.2, -0.15) is 0 Å². The van der Waals surface area contributed by atoms with Crippen molar-refractivity contribution < 1.29 is 4.79 Å². The van der Waals surface area contributed by atoms with Gasteiger partial charge in [0.25, 0.3) is 0 Å². The molecule has 0 atom stereocenters. The van der Waals surface area contributed by atoms with E-state index in [1.54, 1.807) is 6.92 Å². The maximum Gasteiger partial charge on any atom is 0.169 e. The monoisotopic (exact) mass is 140 g/mol. The summed E-state index contributed by atoms with van der Waals surface area (Å²) >= 11 is 1.51. The molecule has 0 aliphatic heterocycles. The molecule has 48 valence electrons. The Morgan fingerprint density at radius 1 is 1.67 bits per heavy atom. The number of thiophene rings is 1. The van der Waals surface area contributed by atoms with Crippen molar-refractivity contribution in [2.75, 3.05) is 0 Å². The number of ketones is 1. The van der Waals surface area contributed by atoms with Crippen LogP contribution >= 0.6 is 11.3 Å². The Hall–Kier alpha value is -0.630. The fraction of sp³-hybridized carbons (Fsp3) is 0.286. The molecule has 1 rings (SSSR count). The van der Waals surface area contributed by atoms with Crippen molar-refractivity contribution in [1.29, 1.82) is 0 Å². The molecule has 0 aliphatic rings. The van der Waals surface area contributed by atoms with Gasteiger partial charge in [-0.05, 0) is 30.9 Å². The Morgan fingerprint density at radius 3 is 2.56 bits per heavy atom. The first kappa shape index (κ1) is 6.49. The van der Waals surface area contributed by atoms with E-state index in [1.165, 1.54) is 11.3 Å². The molecule has 1 aromatic heterocycles. The zero-order valence-electron chi connectivity index (χ0n) is 5.47. The van der Waals surface area contributed by atoms with Crippen LogP contribution in [0.2, 0.25) is 0 Å². The Bertz CT molecular complexity index is 225. The molecule has 0 unspecified atom stereocenters. The summed E-state index contributed by atoms with van der Waals surface area (Å²) in [5.41, 5.74) is 1.09. The summed E-state index contributed by atoms with van der Waals surface area (Å²) in [4.78, 5) is 11.6. The lowest BCUT2D eigenvalue weighted by atomic mass is 10.2.